The highest BCUT2D eigenvalue weighted by Gasteiger charge is 2.08. The average molecular weight is 250 g/mol. The lowest BCUT2D eigenvalue weighted by Gasteiger charge is -2.11. The Morgan fingerprint density at radius 2 is 2.00 bits per heavy atom. The SMILES string of the molecule is CCC(C)CC(=O)NCC(Br)CC. The molecule has 0 bridgehead atoms. The fourth-order valence-electron chi connectivity index (χ4n) is 0.902. The van der Waals surface area contributed by atoms with Gasteiger partial charge in [0.05, 0.1) is 0 Å². The minimum Gasteiger partial charge on any atom is -0.355 e. The Hall–Kier alpha value is -0.0500. The third-order valence-electron chi connectivity index (χ3n) is 2.19. The first-order chi connectivity index (χ1) is 6.10. The summed E-state index contributed by atoms with van der Waals surface area (Å²) in [5, 5.41) is 2.91. The van der Waals surface area contributed by atoms with Gasteiger partial charge in [0, 0.05) is 17.8 Å². The molecule has 3 heteroatoms. The van der Waals surface area contributed by atoms with Gasteiger partial charge in [0.25, 0.3) is 0 Å². The smallest absolute Gasteiger partial charge is 0.220 e. The van der Waals surface area contributed by atoms with Crippen LogP contribution in [-0.4, -0.2) is 17.3 Å². The molecule has 0 spiro atoms. The van der Waals surface area contributed by atoms with Gasteiger partial charge in [-0.15, -0.1) is 0 Å². The van der Waals surface area contributed by atoms with Crippen LogP contribution in [-0.2, 0) is 4.79 Å². The van der Waals surface area contributed by atoms with Crippen LogP contribution in [0.4, 0.5) is 0 Å². The molecule has 1 N–H and O–H groups in total. The van der Waals surface area contributed by atoms with Crippen molar-refractivity contribution in [1.82, 2.24) is 5.32 Å². The highest BCUT2D eigenvalue weighted by atomic mass is 79.9. The summed E-state index contributed by atoms with van der Waals surface area (Å²) in [5.41, 5.74) is 0. The summed E-state index contributed by atoms with van der Waals surface area (Å²) in [6.07, 6.45) is 2.77. The third kappa shape index (κ3) is 7.05. The van der Waals surface area contributed by atoms with Crippen molar-refractivity contribution < 1.29 is 4.79 Å². The molecule has 0 aromatic rings. The maximum Gasteiger partial charge on any atom is 0.220 e. The zero-order valence-electron chi connectivity index (χ0n) is 8.77. The van der Waals surface area contributed by atoms with Crippen LogP contribution in [0.3, 0.4) is 0 Å². The minimum absolute atomic E-state index is 0.173. The van der Waals surface area contributed by atoms with E-state index in [2.05, 4.69) is 42.0 Å². The number of rotatable bonds is 6. The largest absolute Gasteiger partial charge is 0.355 e. The summed E-state index contributed by atoms with van der Waals surface area (Å²) in [7, 11) is 0. The molecule has 0 aromatic carbocycles. The van der Waals surface area contributed by atoms with Gasteiger partial charge < -0.3 is 5.32 Å². The van der Waals surface area contributed by atoms with E-state index in [1.165, 1.54) is 0 Å². The number of hydrogen-bond acceptors (Lipinski definition) is 1. The molecule has 0 radical (unpaired) electrons. The molecule has 0 aliphatic heterocycles. The molecule has 0 aliphatic rings. The summed E-state index contributed by atoms with van der Waals surface area (Å²) in [6, 6.07) is 0. The summed E-state index contributed by atoms with van der Waals surface area (Å²) in [6.45, 7) is 7.05. The van der Waals surface area contributed by atoms with Crippen LogP contribution in [0.25, 0.3) is 0 Å². The Morgan fingerprint density at radius 3 is 2.46 bits per heavy atom. The molecule has 0 heterocycles. The Kier molecular flexibility index (Phi) is 7.33. The van der Waals surface area contributed by atoms with E-state index in [0.717, 1.165) is 19.4 Å². The van der Waals surface area contributed by atoms with E-state index in [9.17, 15) is 4.79 Å². The predicted molar refractivity (Wildman–Crippen MR) is 60.1 cm³/mol. The molecule has 0 saturated carbocycles. The van der Waals surface area contributed by atoms with Gasteiger partial charge in [-0.2, -0.15) is 0 Å². The van der Waals surface area contributed by atoms with Gasteiger partial charge in [-0.05, 0) is 12.3 Å². The molecular formula is C10H20BrNO. The predicted octanol–water partition coefficient (Wildman–Crippen LogP) is 2.71. The minimum atomic E-state index is 0.173. The second kappa shape index (κ2) is 7.36. The average Bonchev–Trinajstić information content (AvgIpc) is 2.13. The lowest BCUT2D eigenvalue weighted by Crippen LogP contribution is -2.30. The molecule has 13 heavy (non-hydrogen) atoms. The van der Waals surface area contributed by atoms with Crippen molar-refractivity contribution in [2.24, 2.45) is 5.92 Å². The molecule has 0 saturated heterocycles. The molecule has 2 atom stereocenters. The van der Waals surface area contributed by atoms with E-state index >= 15 is 0 Å². The standard InChI is InChI=1S/C10H20BrNO/c1-4-8(3)6-10(13)12-7-9(11)5-2/h8-9H,4-7H2,1-3H3,(H,12,13). The van der Waals surface area contributed by atoms with Crippen LogP contribution in [0.1, 0.15) is 40.0 Å². The quantitative estimate of drug-likeness (QED) is 0.721. The summed E-state index contributed by atoms with van der Waals surface area (Å²) in [5.74, 6) is 0.669. The molecule has 2 nitrogen and oxygen atoms in total. The highest BCUT2D eigenvalue weighted by Crippen LogP contribution is 2.06. The Morgan fingerprint density at radius 1 is 1.38 bits per heavy atom. The van der Waals surface area contributed by atoms with Crippen LogP contribution in [0.2, 0.25) is 0 Å². The number of halogens is 1. The van der Waals surface area contributed by atoms with E-state index in [4.69, 9.17) is 0 Å². The second-order valence-corrected chi connectivity index (χ2v) is 4.82. The number of alkyl halides is 1. The molecule has 0 aromatic heterocycles. The van der Waals surface area contributed by atoms with E-state index in [-0.39, 0.29) is 5.91 Å². The fraction of sp³-hybridized carbons (Fsp3) is 0.900. The van der Waals surface area contributed by atoms with Crippen molar-refractivity contribution in [2.75, 3.05) is 6.54 Å². The Labute approximate surface area is 89.6 Å². The van der Waals surface area contributed by atoms with Gasteiger partial charge in [-0.3, -0.25) is 4.79 Å². The van der Waals surface area contributed by atoms with Gasteiger partial charge in [-0.25, -0.2) is 0 Å². The number of hydrogen-bond donors (Lipinski definition) is 1. The van der Waals surface area contributed by atoms with Crippen molar-refractivity contribution in [3.63, 3.8) is 0 Å². The first-order valence-corrected chi connectivity index (χ1v) is 5.92. The van der Waals surface area contributed by atoms with Crippen LogP contribution >= 0.6 is 15.9 Å². The number of carbonyl (C=O) groups is 1. The van der Waals surface area contributed by atoms with Gasteiger partial charge >= 0.3 is 0 Å². The van der Waals surface area contributed by atoms with E-state index in [1.54, 1.807) is 0 Å². The Balaban J connectivity index is 3.51. The number of amides is 1. The second-order valence-electron chi connectivity index (χ2n) is 3.53. The summed E-state index contributed by atoms with van der Waals surface area (Å²) < 4.78 is 0. The van der Waals surface area contributed by atoms with Crippen molar-refractivity contribution in [3.8, 4) is 0 Å². The van der Waals surface area contributed by atoms with Crippen LogP contribution in [0.5, 0.6) is 0 Å². The van der Waals surface area contributed by atoms with E-state index in [1.807, 2.05) is 0 Å². The molecule has 2 unspecified atom stereocenters. The molecule has 0 fully saturated rings. The van der Waals surface area contributed by atoms with Crippen molar-refractivity contribution in [3.05, 3.63) is 0 Å². The first-order valence-electron chi connectivity index (χ1n) is 5.00. The first kappa shape index (κ1) is 12.9. The lowest BCUT2D eigenvalue weighted by atomic mass is 10.1. The Bertz CT molecular complexity index is 150. The molecule has 1 amide bonds. The molecule has 0 aliphatic carbocycles. The van der Waals surface area contributed by atoms with Gasteiger partial charge in [0.1, 0.15) is 0 Å². The van der Waals surface area contributed by atoms with Gasteiger partial charge in [-0.1, -0.05) is 43.1 Å². The number of nitrogens with one attached hydrogen (secondary N) is 1. The summed E-state index contributed by atoms with van der Waals surface area (Å²) >= 11 is 3.47. The van der Waals surface area contributed by atoms with Gasteiger partial charge in [0.2, 0.25) is 5.91 Å². The third-order valence-corrected chi connectivity index (χ3v) is 3.17. The lowest BCUT2D eigenvalue weighted by molar-refractivity contribution is -0.121. The zero-order valence-corrected chi connectivity index (χ0v) is 10.4. The highest BCUT2D eigenvalue weighted by molar-refractivity contribution is 9.09. The molecule has 0 rings (SSSR count). The molecular weight excluding hydrogens is 230 g/mol. The van der Waals surface area contributed by atoms with Gasteiger partial charge in [0.15, 0.2) is 0 Å². The fourth-order valence-corrected chi connectivity index (χ4v) is 1.06. The van der Waals surface area contributed by atoms with E-state index in [0.29, 0.717) is 17.2 Å². The van der Waals surface area contributed by atoms with E-state index < -0.39 is 0 Å². The topological polar surface area (TPSA) is 29.1 Å². The molecule has 78 valence electrons. The van der Waals surface area contributed by atoms with Crippen LogP contribution < -0.4 is 5.32 Å². The van der Waals surface area contributed by atoms with Crippen molar-refractivity contribution in [1.29, 1.82) is 0 Å². The van der Waals surface area contributed by atoms with Crippen molar-refractivity contribution >= 4 is 21.8 Å². The maximum absolute atomic E-state index is 11.3. The van der Waals surface area contributed by atoms with Crippen molar-refractivity contribution in [2.45, 2.75) is 44.9 Å². The zero-order chi connectivity index (χ0) is 10.3. The normalized spacial score (nSPS) is 15.1. The van der Waals surface area contributed by atoms with Crippen LogP contribution in [0, 0.1) is 5.92 Å². The monoisotopic (exact) mass is 249 g/mol. The summed E-state index contributed by atoms with van der Waals surface area (Å²) in [4.78, 5) is 11.7. The maximum atomic E-state index is 11.3. The number of carbonyl (C=O) groups excluding carboxylic acids is 1. The van der Waals surface area contributed by atoms with Crippen LogP contribution in [0.15, 0.2) is 0 Å².